The van der Waals surface area contributed by atoms with Crippen molar-refractivity contribution in [3.63, 3.8) is 0 Å². The second-order valence-electron chi connectivity index (χ2n) is 6.91. The Morgan fingerprint density at radius 2 is 1.85 bits per heavy atom. The molecule has 4 nitrogen and oxygen atoms in total. The number of carboxylic acids is 1. The van der Waals surface area contributed by atoms with E-state index in [-0.39, 0.29) is 0 Å². The number of carbonyl (C=O) groups is 1. The van der Waals surface area contributed by atoms with Gasteiger partial charge >= 0.3 is 5.97 Å². The molecule has 142 valence electrons. The van der Waals surface area contributed by atoms with Crippen LogP contribution in [0.2, 0.25) is 0 Å². The number of hydrogen-bond donors (Lipinski definition) is 2. The first-order chi connectivity index (χ1) is 13.0. The summed E-state index contributed by atoms with van der Waals surface area (Å²) >= 11 is 1.75. The first-order valence-corrected chi connectivity index (χ1v) is 10.1. The minimum Gasteiger partial charge on any atom is -0.478 e. The van der Waals surface area contributed by atoms with Gasteiger partial charge in [0.1, 0.15) is 0 Å². The van der Waals surface area contributed by atoms with Crippen molar-refractivity contribution < 1.29 is 9.90 Å². The summed E-state index contributed by atoms with van der Waals surface area (Å²) in [5.41, 5.74) is 5.56. The molecule has 0 saturated heterocycles. The van der Waals surface area contributed by atoms with Crippen molar-refractivity contribution in [3.8, 4) is 0 Å². The van der Waals surface area contributed by atoms with Gasteiger partial charge in [-0.1, -0.05) is 35.9 Å². The smallest absolute Gasteiger partial charge is 0.337 e. The van der Waals surface area contributed by atoms with Crippen LogP contribution in [0.4, 0.5) is 0 Å². The Bertz CT molecular complexity index is 909. The Morgan fingerprint density at radius 3 is 2.48 bits per heavy atom. The van der Waals surface area contributed by atoms with E-state index in [0.717, 1.165) is 29.9 Å². The minimum absolute atomic E-state index is 0.434. The Labute approximate surface area is 164 Å². The van der Waals surface area contributed by atoms with Crippen molar-refractivity contribution in [2.75, 3.05) is 6.54 Å². The van der Waals surface area contributed by atoms with Gasteiger partial charge in [-0.25, -0.2) is 4.79 Å². The van der Waals surface area contributed by atoms with Crippen LogP contribution in [0.25, 0.3) is 0 Å². The fraction of sp³-hybridized carbons (Fsp3) is 0.318. The molecule has 0 amide bonds. The van der Waals surface area contributed by atoms with Crippen LogP contribution >= 0.6 is 11.3 Å². The molecular formula is C22H26N2O2S. The number of rotatable bonds is 8. The summed E-state index contributed by atoms with van der Waals surface area (Å²) in [5.74, 6) is -0.853. The zero-order valence-corrected chi connectivity index (χ0v) is 16.9. The molecule has 5 heteroatoms. The average Bonchev–Trinajstić information content (AvgIpc) is 3.23. The van der Waals surface area contributed by atoms with Crippen LogP contribution in [-0.4, -0.2) is 22.2 Å². The van der Waals surface area contributed by atoms with E-state index in [4.69, 9.17) is 0 Å². The Kier molecular flexibility index (Phi) is 6.14. The normalized spacial score (nSPS) is 11.1. The van der Waals surface area contributed by atoms with E-state index in [0.29, 0.717) is 18.7 Å². The quantitative estimate of drug-likeness (QED) is 0.562. The molecule has 0 fully saturated rings. The lowest BCUT2D eigenvalue weighted by Gasteiger charge is -2.10. The van der Waals surface area contributed by atoms with Crippen molar-refractivity contribution in [2.24, 2.45) is 0 Å². The average molecular weight is 383 g/mol. The number of hydrogen-bond acceptors (Lipinski definition) is 3. The summed E-state index contributed by atoms with van der Waals surface area (Å²) in [5, 5.41) is 15.3. The van der Waals surface area contributed by atoms with E-state index in [1.54, 1.807) is 11.3 Å². The maximum Gasteiger partial charge on any atom is 0.337 e. The van der Waals surface area contributed by atoms with Gasteiger partial charge in [-0.15, -0.1) is 11.3 Å². The van der Waals surface area contributed by atoms with Crippen molar-refractivity contribution in [1.29, 1.82) is 0 Å². The van der Waals surface area contributed by atoms with Gasteiger partial charge in [0.15, 0.2) is 0 Å². The van der Waals surface area contributed by atoms with E-state index < -0.39 is 5.97 Å². The molecule has 0 bridgehead atoms. The lowest BCUT2D eigenvalue weighted by atomic mass is 10.1. The van der Waals surface area contributed by atoms with E-state index >= 15 is 0 Å². The molecule has 27 heavy (non-hydrogen) atoms. The van der Waals surface area contributed by atoms with Gasteiger partial charge in [0.25, 0.3) is 0 Å². The standard InChI is InChI=1S/C22H26N2O2S/c1-15-6-8-18(9-7-15)14-24-16(2)20(21(17(24)3)22(25)26)13-23-11-10-19-5-4-12-27-19/h4-9,12,23H,10-11,13-14H2,1-3H3,(H,25,26). The van der Waals surface area contributed by atoms with Crippen LogP contribution in [0.5, 0.6) is 0 Å². The second-order valence-corrected chi connectivity index (χ2v) is 7.94. The Balaban J connectivity index is 1.77. The highest BCUT2D eigenvalue weighted by molar-refractivity contribution is 7.09. The Hall–Kier alpha value is -2.37. The highest BCUT2D eigenvalue weighted by Crippen LogP contribution is 2.24. The third kappa shape index (κ3) is 4.49. The third-order valence-corrected chi connectivity index (χ3v) is 5.95. The van der Waals surface area contributed by atoms with Gasteiger partial charge in [0.2, 0.25) is 0 Å². The third-order valence-electron chi connectivity index (χ3n) is 5.02. The van der Waals surface area contributed by atoms with Crippen LogP contribution < -0.4 is 5.32 Å². The van der Waals surface area contributed by atoms with Gasteiger partial charge in [-0.3, -0.25) is 0 Å². The number of nitrogens with one attached hydrogen (secondary N) is 1. The van der Waals surface area contributed by atoms with Crippen molar-refractivity contribution in [2.45, 2.75) is 40.3 Å². The number of aryl methyl sites for hydroxylation is 1. The summed E-state index contributed by atoms with van der Waals surface area (Å²) in [6, 6.07) is 12.6. The number of nitrogens with zero attached hydrogens (tertiary/aromatic N) is 1. The summed E-state index contributed by atoms with van der Waals surface area (Å²) in [6.45, 7) is 8.08. The molecule has 2 heterocycles. The molecule has 0 aliphatic heterocycles. The summed E-state index contributed by atoms with van der Waals surface area (Å²) in [7, 11) is 0. The number of aromatic carboxylic acids is 1. The molecule has 0 unspecified atom stereocenters. The van der Waals surface area contributed by atoms with E-state index in [2.05, 4.69) is 58.6 Å². The largest absolute Gasteiger partial charge is 0.478 e. The van der Waals surface area contributed by atoms with Crippen LogP contribution in [-0.2, 0) is 19.5 Å². The van der Waals surface area contributed by atoms with Crippen LogP contribution in [0.15, 0.2) is 41.8 Å². The lowest BCUT2D eigenvalue weighted by molar-refractivity contribution is 0.0694. The van der Waals surface area contributed by atoms with Crippen LogP contribution in [0.3, 0.4) is 0 Å². The predicted molar refractivity (Wildman–Crippen MR) is 111 cm³/mol. The molecule has 1 aromatic carbocycles. The topological polar surface area (TPSA) is 54.3 Å². The fourth-order valence-electron chi connectivity index (χ4n) is 3.44. The molecule has 0 aliphatic rings. The predicted octanol–water partition coefficient (Wildman–Crippen LogP) is 4.55. The maximum atomic E-state index is 11.9. The second kappa shape index (κ2) is 8.55. The molecule has 0 saturated carbocycles. The summed E-state index contributed by atoms with van der Waals surface area (Å²) in [6.07, 6.45) is 0.960. The van der Waals surface area contributed by atoms with Crippen LogP contribution in [0, 0.1) is 20.8 Å². The zero-order valence-electron chi connectivity index (χ0n) is 16.1. The first kappa shape index (κ1) is 19.4. The molecule has 2 N–H and O–H groups in total. The van der Waals surface area contributed by atoms with E-state index in [1.807, 2.05) is 13.8 Å². The summed E-state index contributed by atoms with van der Waals surface area (Å²) in [4.78, 5) is 13.2. The molecule has 3 rings (SSSR count). The molecule has 0 atom stereocenters. The lowest BCUT2D eigenvalue weighted by Crippen LogP contribution is -2.18. The van der Waals surface area contributed by atoms with Gasteiger partial charge in [0, 0.05) is 41.5 Å². The molecule has 0 aliphatic carbocycles. The van der Waals surface area contributed by atoms with Crippen molar-refractivity contribution in [1.82, 2.24) is 9.88 Å². The molecule has 2 aromatic heterocycles. The molecule has 3 aromatic rings. The van der Waals surface area contributed by atoms with E-state index in [1.165, 1.54) is 16.0 Å². The minimum atomic E-state index is -0.853. The highest BCUT2D eigenvalue weighted by atomic mass is 32.1. The Morgan fingerprint density at radius 1 is 1.11 bits per heavy atom. The number of aromatic nitrogens is 1. The fourth-order valence-corrected chi connectivity index (χ4v) is 4.15. The SMILES string of the molecule is Cc1ccc(Cn2c(C)c(CNCCc3cccs3)c(C(=O)O)c2C)cc1. The number of carboxylic acid groups (broad SMARTS) is 1. The monoisotopic (exact) mass is 382 g/mol. The van der Waals surface area contributed by atoms with E-state index in [9.17, 15) is 9.90 Å². The van der Waals surface area contributed by atoms with Gasteiger partial charge < -0.3 is 15.0 Å². The van der Waals surface area contributed by atoms with Gasteiger partial charge in [-0.2, -0.15) is 0 Å². The van der Waals surface area contributed by atoms with Crippen LogP contribution in [0.1, 0.15) is 43.3 Å². The van der Waals surface area contributed by atoms with Gasteiger partial charge in [0.05, 0.1) is 5.56 Å². The van der Waals surface area contributed by atoms with Gasteiger partial charge in [-0.05, 0) is 44.2 Å². The highest BCUT2D eigenvalue weighted by Gasteiger charge is 2.22. The zero-order chi connectivity index (χ0) is 19.4. The first-order valence-electron chi connectivity index (χ1n) is 9.18. The molecule has 0 radical (unpaired) electrons. The van der Waals surface area contributed by atoms with Crippen molar-refractivity contribution in [3.05, 3.63) is 80.3 Å². The number of benzene rings is 1. The van der Waals surface area contributed by atoms with Crippen molar-refractivity contribution >= 4 is 17.3 Å². The maximum absolute atomic E-state index is 11.9. The molecule has 0 spiro atoms. The summed E-state index contributed by atoms with van der Waals surface area (Å²) < 4.78 is 2.12. The number of thiophene rings is 1. The molecular weight excluding hydrogens is 356 g/mol.